The van der Waals surface area contributed by atoms with E-state index in [1.165, 1.54) is 45.2 Å². The molecule has 1 saturated carbocycles. The Bertz CT molecular complexity index is 400. The van der Waals surface area contributed by atoms with Gasteiger partial charge in [-0.2, -0.15) is 0 Å². The summed E-state index contributed by atoms with van der Waals surface area (Å²) in [5.74, 6) is 1.78. The van der Waals surface area contributed by atoms with E-state index in [1.54, 1.807) is 0 Å². The van der Waals surface area contributed by atoms with Gasteiger partial charge in [-0.1, -0.05) is 12.8 Å². The Morgan fingerprint density at radius 2 is 1.89 bits per heavy atom. The molecule has 104 valence electrons. The standard InChI is InChI=1S/C14H25NO2S/c16-18(17)9-7-14(12-18)6-3-8-15(11-14)10-13-4-1-2-5-13/h13H,1-12H2. The molecule has 0 bridgehead atoms. The number of hydrogen-bond donors (Lipinski definition) is 0. The molecule has 18 heavy (non-hydrogen) atoms. The summed E-state index contributed by atoms with van der Waals surface area (Å²) in [5, 5.41) is 0. The van der Waals surface area contributed by atoms with E-state index in [9.17, 15) is 8.42 Å². The van der Waals surface area contributed by atoms with Crippen molar-refractivity contribution in [3.8, 4) is 0 Å². The third kappa shape index (κ3) is 2.74. The number of rotatable bonds is 2. The maximum atomic E-state index is 11.7. The van der Waals surface area contributed by atoms with Crippen molar-refractivity contribution in [1.29, 1.82) is 0 Å². The number of nitrogens with zero attached hydrogens (tertiary/aromatic N) is 1. The van der Waals surface area contributed by atoms with Gasteiger partial charge in [0.2, 0.25) is 0 Å². The molecule has 3 fully saturated rings. The molecular formula is C14H25NO2S. The molecule has 0 aromatic heterocycles. The van der Waals surface area contributed by atoms with Crippen LogP contribution in [0.15, 0.2) is 0 Å². The van der Waals surface area contributed by atoms with E-state index in [0.29, 0.717) is 11.5 Å². The van der Waals surface area contributed by atoms with Crippen LogP contribution in [0.5, 0.6) is 0 Å². The Labute approximate surface area is 111 Å². The summed E-state index contributed by atoms with van der Waals surface area (Å²) in [6.07, 6.45) is 8.83. The van der Waals surface area contributed by atoms with Crippen LogP contribution in [-0.2, 0) is 9.84 Å². The van der Waals surface area contributed by atoms with Crippen molar-refractivity contribution in [2.75, 3.05) is 31.1 Å². The molecule has 0 aromatic carbocycles. The molecule has 1 unspecified atom stereocenters. The smallest absolute Gasteiger partial charge is 0.150 e. The van der Waals surface area contributed by atoms with Crippen LogP contribution in [0.2, 0.25) is 0 Å². The van der Waals surface area contributed by atoms with E-state index in [0.717, 1.165) is 25.3 Å². The van der Waals surface area contributed by atoms with Crippen LogP contribution in [-0.4, -0.2) is 44.5 Å². The molecule has 4 heteroatoms. The normalized spacial score (nSPS) is 37.6. The Hall–Kier alpha value is -0.0900. The molecule has 0 amide bonds. The average Bonchev–Trinajstić information content (AvgIpc) is 2.88. The van der Waals surface area contributed by atoms with Crippen LogP contribution in [0.3, 0.4) is 0 Å². The van der Waals surface area contributed by atoms with Crippen molar-refractivity contribution in [3.63, 3.8) is 0 Å². The molecule has 1 aliphatic carbocycles. The van der Waals surface area contributed by atoms with Gasteiger partial charge in [0.05, 0.1) is 11.5 Å². The minimum Gasteiger partial charge on any atom is -0.302 e. The lowest BCUT2D eigenvalue weighted by Crippen LogP contribution is -2.45. The molecule has 2 aliphatic heterocycles. The predicted octanol–water partition coefficient (Wildman–Crippen LogP) is 2.08. The summed E-state index contributed by atoms with van der Waals surface area (Å²) in [4.78, 5) is 2.57. The fourth-order valence-electron chi connectivity index (χ4n) is 4.33. The lowest BCUT2D eigenvalue weighted by atomic mass is 9.79. The highest BCUT2D eigenvalue weighted by atomic mass is 32.2. The molecular weight excluding hydrogens is 246 g/mol. The van der Waals surface area contributed by atoms with Gasteiger partial charge in [-0.25, -0.2) is 8.42 Å². The van der Waals surface area contributed by atoms with Crippen LogP contribution in [0, 0.1) is 11.3 Å². The lowest BCUT2D eigenvalue weighted by molar-refractivity contribution is 0.0942. The maximum Gasteiger partial charge on any atom is 0.150 e. The van der Waals surface area contributed by atoms with Crippen molar-refractivity contribution in [2.45, 2.75) is 44.9 Å². The van der Waals surface area contributed by atoms with E-state index < -0.39 is 9.84 Å². The first-order valence-electron chi connectivity index (χ1n) is 7.50. The van der Waals surface area contributed by atoms with E-state index in [1.807, 2.05) is 0 Å². The summed E-state index contributed by atoms with van der Waals surface area (Å²) < 4.78 is 23.5. The zero-order valence-electron chi connectivity index (χ0n) is 11.2. The van der Waals surface area contributed by atoms with E-state index in [-0.39, 0.29) is 5.41 Å². The Kier molecular flexibility index (Phi) is 3.43. The molecule has 2 saturated heterocycles. The Balaban J connectivity index is 1.61. The number of piperidine rings is 1. The van der Waals surface area contributed by atoms with Crippen LogP contribution in [0.1, 0.15) is 44.9 Å². The third-order valence-electron chi connectivity index (χ3n) is 5.20. The highest BCUT2D eigenvalue weighted by Gasteiger charge is 2.44. The number of likely N-dealkylation sites (tertiary alicyclic amines) is 1. The zero-order chi connectivity index (χ0) is 12.6. The molecule has 3 aliphatic rings. The summed E-state index contributed by atoms with van der Waals surface area (Å²) in [6.45, 7) is 3.46. The minimum absolute atomic E-state index is 0.121. The Morgan fingerprint density at radius 3 is 2.56 bits per heavy atom. The summed E-state index contributed by atoms with van der Waals surface area (Å²) in [7, 11) is -2.73. The zero-order valence-corrected chi connectivity index (χ0v) is 12.1. The van der Waals surface area contributed by atoms with Crippen molar-refractivity contribution in [2.24, 2.45) is 11.3 Å². The van der Waals surface area contributed by atoms with Gasteiger partial charge in [0.25, 0.3) is 0 Å². The van der Waals surface area contributed by atoms with Crippen molar-refractivity contribution < 1.29 is 8.42 Å². The Morgan fingerprint density at radius 1 is 1.11 bits per heavy atom. The van der Waals surface area contributed by atoms with Gasteiger partial charge in [0.1, 0.15) is 0 Å². The topological polar surface area (TPSA) is 37.4 Å². The van der Waals surface area contributed by atoms with Gasteiger partial charge in [-0.05, 0) is 50.0 Å². The van der Waals surface area contributed by atoms with Gasteiger partial charge < -0.3 is 4.90 Å². The van der Waals surface area contributed by atoms with Crippen LogP contribution in [0.25, 0.3) is 0 Å². The first-order valence-corrected chi connectivity index (χ1v) is 9.32. The molecule has 1 spiro atoms. The minimum atomic E-state index is -2.73. The van der Waals surface area contributed by atoms with Crippen molar-refractivity contribution in [1.82, 2.24) is 4.90 Å². The second-order valence-corrected chi connectivity index (χ2v) is 9.02. The summed E-state index contributed by atoms with van der Waals surface area (Å²) in [5.41, 5.74) is 0.121. The van der Waals surface area contributed by atoms with Crippen LogP contribution >= 0.6 is 0 Å². The van der Waals surface area contributed by atoms with Gasteiger partial charge in [-0.15, -0.1) is 0 Å². The molecule has 3 nitrogen and oxygen atoms in total. The van der Waals surface area contributed by atoms with Gasteiger partial charge in [0.15, 0.2) is 9.84 Å². The second-order valence-electron chi connectivity index (χ2n) is 6.83. The molecule has 0 N–H and O–H groups in total. The fourth-order valence-corrected chi connectivity index (χ4v) is 6.53. The molecule has 0 aromatic rings. The second kappa shape index (κ2) is 4.78. The highest BCUT2D eigenvalue weighted by molar-refractivity contribution is 7.91. The molecule has 0 radical (unpaired) electrons. The lowest BCUT2D eigenvalue weighted by Gasteiger charge is -2.40. The monoisotopic (exact) mass is 271 g/mol. The summed E-state index contributed by atoms with van der Waals surface area (Å²) in [6, 6.07) is 0. The largest absolute Gasteiger partial charge is 0.302 e. The SMILES string of the molecule is O=S1(=O)CCC2(CCCN(CC3CCCC3)C2)C1. The van der Waals surface area contributed by atoms with E-state index in [2.05, 4.69) is 4.90 Å². The fraction of sp³-hybridized carbons (Fsp3) is 1.00. The number of hydrogen-bond acceptors (Lipinski definition) is 3. The first-order chi connectivity index (χ1) is 8.57. The van der Waals surface area contributed by atoms with E-state index >= 15 is 0 Å². The van der Waals surface area contributed by atoms with Crippen LogP contribution in [0.4, 0.5) is 0 Å². The predicted molar refractivity (Wildman–Crippen MR) is 73.3 cm³/mol. The average molecular weight is 271 g/mol. The van der Waals surface area contributed by atoms with Gasteiger partial charge in [0, 0.05) is 13.1 Å². The third-order valence-corrected chi connectivity index (χ3v) is 7.08. The number of sulfone groups is 1. The van der Waals surface area contributed by atoms with Crippen molar-refractivity contribution >= 4 is 9.84 Å². The van der Waals surface area contributed by atoms with Gasteiger partial charge >= 0.3 is 0 Å². The highest BCUT2D eigenvalue weighted by Crippen LogP contribution is 2.40. The van der Waals surface area contributed by atoms with Gasteiger partial charge in [-0.3, -0.25) is 0 Å². The van der Waals surface area contributed by atoms with E-state index in [4.69, 9.17) is 0 Å². The van der Waals surface area contributed by atoms with Crippen LogP contribution < -0.4 is 0 Å². The van der Waals surface area contributed by atoms with Crippen molar-refractivity contribution in [3.05, 3.63) is 0 Å². The molecule has 2 heterocycles. The first kappa shape index (κ1) is 12.9. The quantitative estimate of drug-likeness (QED) is 0.771. The summed E-state index contributed by atoms with van der Waals surface area (Å²) >= 11 is 0. The maximum absolute atomic E-state index is 11.7. The molecule has 1 atom stereocenters. The molecule has 3 rings (SSSR count).